The Morgan fingerprint density at radius 2 is 1.80 bits per heavy atom. The van der Waals surface area contributed by atoms with Gasteiger partial charge < -0.3 is 10.2 Å². The molecule has 3 heteroatoms. The number of benzene rings is 1. The summed E-state index contributed by atoms with van der Waals surface area (Å²) >= 11 is 3.43. The van der Waals surface area contributed by atoms with Crippen molar-refractivity contribution in [3.05, 3.63) is 28.2 Å². The number of hydrogen-bond donors (Lipinski definition) is 2. The van der Waals surface area contributed by atoms with Crippen LogP contribution in [0.25, 0.3) is 0 Å². The van der Waals surface area contributed by atoms with Gasteiger partial charge >= 0.3 is 0 Å². The number of phenolic OH excluding ortho intramolecular Hbond substituents is 1. The van der Waals surface area contributed by atoms with Crippen molar-refractivity contribution in [3.63, 3.8) is 0 Å². The van der Waals surface area contributed by atoms with E-state index in [0.717, 1.165) is 35.7 Å². The SMILES string of the molecule is Oc1ccc(Br)c(C2(O)CCCCC2)c1. The van der Waals surface area contributed by atoms with E-state index in [1.165, 1.54) is 6.42 Å². The van der Waals surface area contributed by atoms with Gasteiger partial charge in [-0.2, -0.15) is 0 Å². The normalized spacial score (nSPS) is 20.1. The molecule has 82 valence electrons. The maximum atomic E-state index is 10.5. The monoisotopic (exact) mass is 270 g/mol. The molecule has 1 aliphatic rings. The molecule has 1 saturated carbocycles. The molecule has 1 fully saturated rings. The third kappa shape index (κ3) is 2.18. The summed E-state index contributed by atoms with van der Waals surface area (Å²) < 4.78 is 0.879. The Bertz CT molecular complexity index is 357. The fraction of sp³-hybridized carbons (Fsp3) is 0.500. The van der Waals surface area contributed by atoms with Crippen molar-refractivity contribution in [1.29, 1.82) is 0 Å². The van der Waals surface area contributed by atoms with Crippen LogP contribution in [-0.2, 0) is 5.60 Å². The molecular weight excluding hydrogens is 256 g/mol. The lowest BCUT2D eigenvalue weighted by Gasteiger charge is -2.33. The molecule has 1 aliphatic carbocycles. The molecule has 0 amide bonds. The molecule has 0 saturated heterocycles. The van der Waals surface area contributed by atoms with Crippen LogP contribution in [0.4, 0.5) is 0 Å². The number of phenols is 1. The summed E-state index contributed by atoms with van der Waals surface area (Å²) in [4.78, 5) is 0. The van der Waals surface area contributed by atoms with E-state index in [0.29, 0.717) is 0 Å². The Balaban J connectivity index is 2.38. The molecule has 0 spiro atoms. The van der Waals surface area contributed by atoms with Gasteiger partial charge in [-0.15, -0.1) is 0 Å². The summed E-state index contributed by atoms with van der Waals surface area (Å²) in [7, 11) is 0. The predicted octanol–water partition coefficient (Wildman–Crippen LogP) is 3.31. The van der Waals surface area contributed by atoms with Gasteiger partial charge in [0, 0.05) is 10.0 Å². The number of halogens is 1. The zero-order chi connectivity index (χ0) is 10.9. The van der Waals surface area contributed by atoms with Crippen LogP contribution in [0, 0.1) is 0 Å². The minimum absolute atomic E-state index is 0.215. The Hall–Kier alpha value is -0.540. The highest BCUT2D eigenvalue weighted by Crippen LogP contribution is 2.41. The Morgan fingerprint density at radius 3 is 2.47 bits per heavy atom. The van der Waals surface area contributed by atoms with E-state index in [9.17, 15) is 10.2 Å². The van der Waals surface area contributed by atoms with Crippen molar-refractivity contribution in [3.8, 4) is 5.75 Å². The highest BCUT2D eigenvalue weighted by atomic mass is 79.9. The molecule has 0 aromatic heterocycles. The van der Waals surface area contributed by atoms with Crippen LogP contribution in [0.15, 0.2) is 22.7 Å². The fourth-order valence-corrected chi connectivity index (χ4v) is 2.89. The molecule has 0 aliphatic heterocycles. The second-order valence-electron chi connectivity index (χ2n) is 4.26. The number of hydrogen-bond acceptors (Lipinski definition) is 2. The maximum absolute atomic E-state index is 10.5. The number of aromatic hydroxyl groups is 1. The Morgan fingerprint density at radius 1 is 1.13 bits per heavy atom. The topological polar surface area (TPSA) is 40.5 Å². The van der Waals surface area contributed by atoms with Crippen molar-refractivity contribution in [2.24, 2.45) is 0 Å². The van der Waals surface area contributed by atoms with Crippen LogP contribution < -0.4 is 0 Å². The van der Waals surface area contributed by atoms with E-state index in [1.807, 2.05) is 0 Å². The van der Waals surface area contributed by atoms with Gasteiger partial charge in [-0.3, -0.25) is 0 Å². The van der Waals surface area contributed by atoms with Gasteiger partial charge in [-0.05, 0) is 31.0 Å². The molecule has 1 aromatic carbocycles. The molecule has 0 radical (unpaired) electrons. The van der Waals surface area contributed by atoms with Gasteiger partial charge in [0.2, 0.25) is 0 Å². The van der Waals surface area contributed by atoms with E-state index in [4.69, 9.17) is 0 Å². The summed E-state index contributed by atoms with van der Waals surface area (Å²) in [6, 6.07) is 5.08. The largest absolute Gasteiger partial charge is 0.508 e. The van der Waals surface area contributed by atoms with Crippen LogP contribution in [0.2, 0.25) is 0 Å². The van der Waals surface area contributed by atoms with Crippen molar-refractivity contribution in [2.45, 2.75) is 37.7 Å². The lowest BCUT2D eigenvalue weighted by Crippen LogP contribution is -2.28. The predicted molar refractivity (Wildman–Crippen MR) is 62.8 cm³/mol. The van der Waals surface area contributed by atoms with Gasteiger partial charge in [-0.1, -0.05) is 35.2 Å². The number of rotatable bonds is 1. The lowest BCUT2D eigenvalue weighted by atomic mass is 9.80. The van der Waals surface area contributed by atoms with Gasteiger partial charge in [0.05, 0.1) is 5.60 Å². The number of aliphatic hydroxyl groups is 1. The molecule has 2 nitrogen and oxygen atoms in total. The van der Waals surface area contributed by atoms with Crippen molar-refractivity contribution >= 4 is 15.9 Å². The Kier molecular flexibility index (Phi) is 3.03. The van der Waals surface area contributed by atoms with Crippen molar-refractivity contribution in [2.75, 3.05) is 0 Å². The van der Waals surface area contributed by atoms with Crippen LogP contribution in [0.1, 0.15) is 37.7 Å². The van der Waals surface area contributed by atoms with Crippen LogP contribution in [0.3, 0.4) is 0 Å². The lowest BCUT2D eigenvalue weighted by molar-refractivity contribution is -0.00146. The summed E-state index contributed by atoms with van der Waals surface area (Å²) in [5.74, 6) is 0.215. The van der Waals surface area contributed by atoms with Gasteiger partial charge in [0.1, 0.15) is 5.75 Å². The summed E-state index contributed by atoms with van der Waals surface area (Å²) in [5.41, 5.74) is 0.0673. The standard InChI is InChI=1S/C12H15BrO2/c13-11-5-4-9(14)8-10(11)12(15)6-2-1-3-7-12/h4-5,8,14-15H,1-3,6-7H2. The minimum Gasteiger partial charge on any atom is -0.508 e. The first kappa shape index (κ1) is 11.0. The molecule has 0 atom stereocenters. The van der Waals surface area contributed by atoms with Crippen LogP contribution in [-0.4, -0.2) is 10.2 Å². The second-order valence-corrected chi connectivity index (χ2v) is 5.11. The van der Waals surface area contributed by atoms with Crippen LogP contribution in [0.5, 0.6) is 5.75 Å². The highest BCUT2D eigenvalue weighted by molar-refractivity contribution is 9.10. The third-order valence-electron chi connectivity index (χ3n) is 3.13. The van der Waals surface area contributed by atoms with E-state index in [1.54, 1.807) is 18.2 Å². The van der Waals surface area contributed by atoms with E-state index in [-0.39, 0.29) is 5.75 Å². The summed E-state index contributed by atoms with van der Waals surface area (Å²) in [6.07, 6.45) is 4.88. The van der Waals surface area contributed by atoms with Crippen LogP contribution >= 0.6 is 15.9 Å². The zero-order valence-corrected chi connectivity index (χ0v) is 10.1. The maximum Gasteiger partial charge on any atom is 0.116 e. The Labute approximate surface area is 98.1 Å². The molecule has 2 rings (SSSR count). The minimum atomic E-state index is -0.754. The van der Waals surface area contributed by atoms with E-state index < -0.39 is 5.60 Å². The third-order valence-corrected chi connectivity index (χ3v) is 3.82. The van der Waals surface area contributed by atoms with Gasteiger partial charge in [0.15, 0.2) is 0 Å². The smallest absolute Gasteiger partial charge is 0.116 e. The molecule has 0 heterocycles. The first-order valence-corrected chi connectivity index (χ1v) is 6.12. The molecule has 15 heavy (non-hydrogen) atoms. The molecule has 2 N–H and O–H groups in total. The van der Waals surface area contributed by atoms with Crippen molar-refractivity contribution in [1.82, 2.24) is 0 Å². The molecule has 0 bridgehead atoms. The van der Waals surface area contributed by atoms with Crippen molar-refractivity contribution < 1.29 is 10.2 Å². The average molecular weight is 271 g/mol. The van der Waals surface area contributed by atoms with E-state index >= 15 is 0 Å². The molecule has 0 unspecified atom stereocenters. The quantitative estimate of drug-likeness (QED) is 0.822. The first-order chi connectivity index (χ1) is 7.12. The van der Waals surface area contributed by atoms with Gasteiger partial charge in [0.25, 0.3) is 0 Å². The zero-order valence-electron chi connectivity index (χ0n) is 8.54. The summed E-state index contributed by atoms with van der Waals surface area (Å²) in [5, 5.41) is 20.0. The molecular formula is C12H15BrO2. The summed E-state index contributed by atoms with van der Waals surface area (Å²) in [6.45, 7) is 0. The second kappa shape index (κ2) is 4.14. The van der Waals surface area contributed by atoms with E-state index in [2.05, 4.69) is 15.9 Å². The first-order valence-electron chi connectivity index (χ1n) is 5.33. The average Bonchev–Trinajstić information content (AvgIpc) is 2.23. The van der Waals surface area contributed by atoms with Gasteiger partial charge in [-0.25, -0.2) is 0 Å². The molecule has 1 aromatic rings. The highest BCUT2D eigenvalue weighted by Gasteiger charge is 2.32. The fourth-order valence-electron chi connectivity index (χ4n) is 2.28.